The van der Waals surface area contributed by atoms with Crippen molar-refractivity contribution in [1.29, 1.82) is 0 Å². The fourth-order valence-electron chi connectivity index (χ4n) is 3.43. The highest BCUT2D eigenvalue weighted by Crippen LogP contribution is 2.41. The number of hydrogen-bond acceptors (Lipinski definition) is 7. The fraction of sp³-hybridized carbons (Fsp3) is 0.409. The van der Waals surface area contributed by atoms with Gasteiger partial charge in [0.2, 0.25) is 5.91 Å². The molecule has 3 aromatic rings. The van der Waals surface area contributed by atoms with Gasteiger partial charge < -0.3 is 10.1 Å². The van der Waals surface area contributed by atoms with E-state index in [4.69, 9.17) is 9.72 Å². The number of amides is 1. The maximum absolute atomic E-state index is 13.7. The lowest BCUT2D eigenvalue weighted by Gasteiger charge is -2.15. The second kappa shape index (κ2) is 9.67. The van der Waals surface area contributed by atoms with Crippen molar-refractivity contribution in [3.05, 3.63) is 40.2 Å². The number of methoxy groups -OCH3 is 1. The van der Waals surface area contributed by atoms with E-state index in [2.05, 4.69) is 5.32 Å². The standard InChI is InChI=1S/C22H25N3O3S3/c1-4-13(2)23-17(26)12-30-22-24-19-18(16-6-5-11-29-21(16)31-19)20(27)25(22)14-7-9-15(28-3)10-8-14/h7-10,13H,4-6,11-12H2,1-3H3,(H,23,26). The summed E-state index contributed by atoms with van der Waals surface area (Å²) in [5.41, 5.74) is 1.77. The minimum atomic E-state index is -0.0694. The molecule has 4 rings (SSSR count). The van der Waals surface area contributed by atoms with E-state index < -0.39 is 0 Å². The Labute approximate surface area is 193 Å². The number of carbonyl (C=O) groups excluding carboxylic acids is 1. The number of carbonyl (C=O) groups is 1. The van der Waals surface area contributed by atoms with Gasteiger partial charge in [0.15, 0.2) is 5.16 Å². The third-order valence-corrected chi connectivity index (χ3v) is 8.71. The Morgan fingerprint density at radius 2 is 2.13 bits per heavy atom. The van der Waals surface area contributed by atoms with Crippen molar-refractivity contribution in [3.63, 3.8) is 0 Å². The minimum Gasteiger partial charge on any atom is -0.497 e. The highest BCUT2D eigenvalue weighted by molar-refractivity contribution is 8.01. The Hall–Kier alpha value is -1.97. The van der Waals surface area contributed by atoms with Crippen LogP contribution in [0.5, 0.6) is 5.75 Å². The Bertz CT molecular complexity index is 1150. The van der Waals surface area contributed by atoms with Gasteiger partial charge in [-0.05, 0) is 61.8 Å². The topological polar surface area (TPSA) is 73.2 Å². The summed E-state index contributed by atoms with van der Waals surface area (Å²) >= 11 is 4.69. The van der Waals surface area contributed by atoms with Crippen LogP contribution < -0.4 is 15.6 Å². The number of thiophene rings is 1. The molecule has 1 N–H and O–H groups in total. The molecule has 0 bridgehead atoms. The summed E-state index contributed by atoms with van der Waals surface area (Å²) in [7, 11) is 1.61. The van der Waals surface area contributed by atoms with E-state index in [0.717, 1.165) is 46.5 Å². The van der Waals surface area contributed by atoms with E-state index in [1.165, 1.54) is 16.0 Å². The predicted molar refractivity (Wildman–Crippen MR) is 129 cm³/mol. The van der Waals surface area contributed by atoms with Gasteiger partial charge >= 0.3 is 0 Å². The molecule has 3 heterocycles. The number of thioether (sulfide) groups is 2. The summed E-state index contributed by atoms with van der Waals surface area (Å²) in [5.74, 6) is 1.94. The number of fused-ring (bicyclic) bond motifs is 3. The molecule has 164 valence electrons. The summed E-state index contributed by atoms with van der Waals surface area (Å²) in [4.78, 5) is 31.7. The molecule has 1 aliphatic heterocycles. The van der Waals surface area contributed by atoms with Gasteiger partial charge in [-0.1, -0.05) is 18.7 Å². The molecule has 1 amide bonds. The second-order valence-corrected chi connectivity index (χ2v) is 10.7. The first kappa shape index (κ1) is 22.2. The fourth-order valence-corrected chi connectivity index (χ4v) is 6.83. The van der Waals surface area contributed by atoms with Gasteiger partial charge in [-0.3, -0.25) is 14.2 Å². The first-order valence-corrected chi connectivity index (χ1v) is 13.1. The average Bonchev–Trinajstić information content (AvgIpc) is 3.16. The first-order chi connectivity index (χ1) is 15.0. The van der Waals surface area contributed by atoms with Crippen molar-refractivity contribution in [2.75, 3.05) is 18.6 Å². The molecule has 31 heavy (non-hydrogen) atoms. The van der Waals surface area contributed by atoms with Crippen molar-refractivity contribution in [3.8, 4) is 11.4 Å². The first-order valence-electron chi connectivity index (χ1n) is 10.3. The van der Waals surface area contributed by atoms with Gasteiger partial charge in [-0.25, -0.2) is 4.98 Å². The molecule has 1 aliphatic rings. The van der Waals surface area contributed by atoms with Gasteiger partial charge in [-0.15, -0.1) is 23.1 Å². The highest BCUT2D eigenvalue weighted by Gasteiger charge is 2.23. The normalized spacial score (nSPS) is 14.3. The van der Waals surface area contributed by atoms with Crippen molar-refractivity contribution in [2.45, 2.75) is 48.5 Å². The molecule has 1 aromatic carbocycles. The highest BCUT2D eigenvalue weighted by atomic mass is 32.2. The SMILES string of the molecule is CCC(C)NC(=O)CSc1nc2sc3c(c2c(=O)n1-c1ccc(OC)cc1)CCCS3. The molecule has 2 aromatic heterocycles. The van der Waals surface area contributed by atoms with Crippen LogP contribution >= 0.6 is 34.9 Å². The largest absolute Gasteiger partial charge is 0.497 e. The number of hydrogen-bond donors (Lipinski definition) is 1. The van der Waals surface area contributed by atoms with E-state index in [1.54, 1.807) is 34.8 Å². The molecule has 0 spiro atoms. The van der Waals surface area contributed by atoms with Crippen LogP contribution in [0.25, 0.3) is 15.9 Å². The number of aromatic nitrogens is 2. The second-order valence-electron chi connectivity index (χ2n) is 7.40. The van der Waals surface area contributed by atoms with E-state index in [1.807, 2.05) is 38.1 Å². The van der Waals surface area contributed by atoms with Crippen LogP contribution in [0.2, 0.25) is 0 Å². The van der Waals surface area contributed by atoms with Crippen LogP contribution in [0.1, 0.15) is 32.3 Å². The van der Waals surface area contributed by atoms with E-state index in [-0.39, 0.29) is 23.3 Å². The zero-order valence-corrected chi connectivity index (χ0v) is 20.2. The van der Waals surface area contributed by atoms with E-state index in [0.29, 0.717) is 10.8 Å². The van der Waals surface area contributed by atoms with Crippen LogP contribution in [-0.4, -0.2) is 40.1 Å². The zero-order chi connectivity index (χ0) is 22.0. The van der Waals surface area contributed by atoms with Crippen molar-refractivity contribution in [2.24, 2.45) is 0 Å². The molecular formula is C22H25N3O3S3. The lowest BCUT2D eigenvalue weighted by Crippen LogP contribution is -2.33. The monoisotopic (exact) mass is 475 g/mol. The van der Waals surface area contributed by atoms with Crippen molar-refractivity contribution in [1.82, 2.24) is 14.9 Å². The molecule has 0 aliphatic carbocycles. The summed E-state index contributed by atoms with van der Waals surface area (Å²) in [6.45, 7) is 4.01. The lowest BCUT2D eigenvalue weighted by atomic mass is 10.1. The summed E-state index contributed by atoms with van der Waals surface area (Å²) in [6.07, 6.45) is 2.85. The van der Waals surface area contributed by atoms with Gasteiger partial charge in [0, 0.05) is 6.04 Å². The Kier molecular flexibility index (Phi) is 6.93. The number of nitrogens with one attached hydrogen (secondary N) is 1. The number of aryl methyl sites for hydroxylation is 1. The van der Waals surface area contributed by atoms with E-state index in [9.17, 15) is 9.59 Å². The van der Waals surface area contributed by atoms with E-state index >= 15 is 0 Å². The molecule has 0 saturated heterocycles. The lowest BCUT2D eigenvalue weighted by molar-refractivity contribution is -0.119. The molecule has 0 saturated carbocycles. The molecule has 1 unspecified atom stereocenters. The van der Waals surface area contributed by atoms with Crippen molar-refractivity contribution < 1.29 is 9.53 Å². The number of benzene rings is 1. The van der Waals surface area contributed by atoms with Crippen LogP contribution in [-0.2, 0) is 11.2 Å². The van der Waals surface area contributed by atoms with Gasteiger partial charge in [-0.2, -0.15) is 0 Å². The summed E-state index contributed by atoms with van der Waals surface area (Å²) in [5, 5.41) is 4.23. The van der Waals surface area contributed by atoms with Gasteiger partial charge in [0.05, 0.1) is 28.1 Å². The molecule has 0 radical (unpaired) electrons. The van der Waals surface area contributed by atoms with Crippen LogP contribution in [0.4, 0.5) is 0 Å². The predicted octanol–water partition coefficient (Wildman–Crippen LogP) is 4.50. The summed E-state index contributed by atoms with van der Waals surface area (Å²) < 4.78 is 8.09. The molecule has 0 fully saturated rings. The third-order valence-electron chi connectivity index (χ3n) is 5.24. The maximum atomic E-state index is 13.7. The Morgan fingerprint density at radius 3 is 2.84 bits per heavy atom. The Morgan fingerprint density at radius 1 is 1.35 bits per heavy atom. The van der Waals surface area contributed by atoms with Gasteiger partial charge in [0.1, 0.15) is 10.6 Å². The van der Waals surface area contributed by atoms with Gasteiger partial charge in [0.25, 0.3) is 5.56 Å². The maximum Gasteiger partial charge on any atom is 0.267 e. The molecule has 9 heteroatoms. The minimum absolute atomic E-state index is 0.0593. The van der Waals surface area contributed by atoms with Crippen LogP contribution in [0, 0.1) is 0 Å². The van der Waals surface area contributed by atoms with Crippen molar-refractivity contribution >= 4 is 51.0 Å². The Balaban J connectivity index is 1.78. The third kappa shape index (κ3) is 4.63. The average molecular weight is 476 g/mol. The van der Waals surface area contributed by atoms with Crippen LogP contribution in [0.15, 0.2) is 38.4 Å². The zero-order valence-electron chi connectivity index (χ0n) is 17.8. The van der Waals surface area contributed by atoms with Crippen LogP contribution in [0.3, 0.4) is 0 Å². The quantitative estimate of drug-likeness (QED) is 0.401. The number of rotatable bonds is 7. The number of ether oxygens (including phenoxy) is 1. The summed E-state index contributed by atoms with van der Waals surface area (Å²) in [6, 6.07) is 7.48. The molecular weight excluding hydrogens is 450 g/mol. The molecule has 6 nitrogen and oxygen atoms in total. The number of nitrogens with zero attached hydrogens (tertiary/aromatic N) is 2. The molecule has 1 atom stereocenters. The smallest absolute Gasteiger partial charge is 0.267 e.